The van der Waals surface area contributed by atoms with E-state index in [4.69, 9.17) is 10.5 Å². The maximum Gasteiger partial charge on any atom is 0.354 e. The second-order valence-electron chi connectivity index (χ2n) is 2.23. The molecule has 4 heteroatoms. The highest BCUT2D eigenvalue weighted by atomic mass is 32.2. The maximum absolute atomic E-state index is 11.0. The number of carbonyl (C=O) groups is 1. The molecule has 0 aromatic carbocycles. The Labute approximate surface area is 70.0 Å². The van der Waals surface area contributed by atoms with Gasteiger partial charge in [-0.3, -0.25) is 0 Å². The molecule has 1 aliphatic heterocycles. The first-order valence-electron chi connectivity index (χ1n) is 3.48. The molecule has 0 spiro atoms. The quantitative estimate of drug-likeness (QED) is 0.488. The molecular formula is C7H11NO2S. The van der Waals surface area contributed by atoms with Crippen molar-refractivity contribution in [2.45, 2.75) is 6.92 Å². The van der Waals surface area contributed by atoms with E-state index in [9.17, 15) is 4.79 Å². The molecule has 0 aromatic heterocycles. The topological polar surface area (TPSA) is 52.3 Å². The normalized spacial score (nSPS) is 15.5. The lowest BCUT2D eigenvalue weighted by molar-refractivity contribution is -0.138. The summed E-state index contributed by atoms with van der Waals surface area (Å²) in [7, 11) is 0. The van der Waals surface area contributed by atoms with Crippen molar-refractivity contribution in [2.24, 2.45) is 5.73 Å². The van der Waals surface area contributed by atoms with Crippen LogP contribution in [0, 0.1) is 0 Å². The van der Waals surface area contributed by atoms with E-state index in [2.05, 4.69) is 0 Å². The van der Waals surface area contributed by atoms with Gasteiger partial charge in [0.25, 0.3) is 0 Å². The zero-order valence-electron chi connectivity index (χ0n) is 6.42. The van der Waals surface area contributed by atoms with Gasteiger partial charge in [0.1, 0.15) is 5.70 Å². The molecule has 0 aliphatic carbocycles. The largest absolute Gasteiger partial charge is 0.461 e. The molecule has 1 saturated heterocycles. The minimum atomic E-state index is -0.372. The summed E-state index contributed by atoms with van der Waals surface area (Å²) >= 11 is 1.76. The Balaban J connectivity index is 2.51. The molecule has 0 unspecified atom stereocenters. The molecule has 1 aliphatic rings. The number of hydrogen-bond acceptors (Lipinski definition) is 4. The van der Waals surface area contributed by atoms with Gasteiger partial charge in [0.2, 0.25) is 0 Å². The maximum atomic E-state index is 11.0. The van der Waals surface area contributed by atoms with Gasteiger partial charge in [-0.1, -0.05) is 0 Å². The summed E-state index contributed by atoms with van der Waals surface area (Å²) in [5.74, 6) is 1.39. The van der Waals surface area contributed by atoms with E-state index in [1.807, 2.05) is 0 Å². The van der Waals surface area contributed by atoms with Crippen molar-refractivity contribution in [3.05, 3.63) is 11.3 Å². The summed E-state index contributed by atoms with van der Waals surface area (Å²) in [5.41, 5.74) is 6.83. The van der Waals surface area contributed by atoms with Crippen molar-refractivity contribution < 1.29 is 9.53 Å². The van der Waals surface area contributed by atoms with Gasteiger partial charge in [0.15, 0.2) is 0 Å². The number of nitrogens with two attached hydrogens (primary N) is 1. The van der Waals surface area contributed by atoms with Gasteiger partial charge in [0, 0.05) is 11.5 Å². The fourth-order valence-electron chi connectivity index (χ4n) is 0.713. The molecular weight excluding hydrogens is 162 g/mol. The minimum Gasteiger partial charge on any atom is -0.461 e. The summed E-state index contributed by atoms with van der Waals surface area (Å²) in [5, 5.41) is 0. The third-order valence-corrected chi connectivity index (χ3v) is 2.53. The van der Waals surface area contributed by atoms with E-state index >= 15 is 0 Å². The average Bonchev–Trinajstić information content (AvgIpc) is 1.84. The predicted octanol–water partition coefficient (Wildman–Crippen LogP) is 0.509. The third kappa shape index (κ3) is 1.89. The Kier molecular flexibility index (Phi) is 2.82. The molecule has 1 heterocycles. The molecule has 11 heavy (non-hydrogen) atoms. The lowest BCUT2D eigenvalue weighted by atomic mass is 10.2. The monoisotopic (exact) mass is 173 g/mol. The number of hydrogen-bond donors (Lipinski definition) is 1. The Morgan fingerprint density at radius 3 is 2.73 bits per heavy atom. The second kappa shape index (κ2) is 3.67. The van der Waals surface area contributed by atoms with Gasteiger partial charge in [0.05, 0.1) is 6.61 Å². The van der Waals surface area contributed by atoms with Gasteiger partial charge in [-0.15, -0.1) is 0 Å². The Morgan fingerprint density at radius 2 is 2.36 bits per heavy atom. The number of carbonyl (C=O) groups excluding carboxylic acids is 1. The molecule has 0 bridgehead atoms. The van der Waals surface area contributed by atoms with Crippen molar-refractivity contribution in [1.29, 1.82) is 0 Å². The zero-order valence-corrected chi connectivity index (χ0v) is 7.24. The fraction of sp³-hybridized carbons (Fsp3) is 0.571. The van der Waals surface area contributed by atoms with Crippen LogP contribution in [0.15, 0.2) is 11.3 Å². The SMILES string of the molecule is CCOC(=O)C(N)=C1CSC1. The molecule has 0 aromatic rings. The predicted molar refractivity (Wildman–Crippen MR) is 45.2 cm³/mol. The first-order chi connectivity index (χ1) is 5.25. The second-order valence-corrected chi connectivity index (χ2v) is 3.22. The highest BCUT2D eigenvalue weighted by molar-refractivity contribution is 8.01. The molecule has 1 fully saturated rings. The van der Waals surface area contributed by atoms with E-state index in [-0.39, 0.29) is 5.97 Å². The van der Waals surface area contributed by atoms with Gasteiger partial charge in [-0.2, -0.15) is 11.8 Å². The molecule has 0 atom stereocenters. The number of rotatable bonds is 2. The van der Waals surface area contributed by atoms with E-state index < -0.39 is 0 Å². The average molecular weight is 173 g/mol. The molecule has 1 rings (SSSR count). The number of ether oxygens (including phenoxy) is 1. The van der Waals surface area contributed by atoms with Crippen LogP contribution in [0.4, 0.5) is 0 Å². The molecule has 3 nitrogen and oxygen atoms in total. The lowest BCUT2D eigenvalue weighted by Gasteiger charge is -2.17. The van der Waals surface area contributed by atoms with Crippen molar-refractivity contribution in [1.82, 2.24) is 0 Å². The van der Waals surface area contributed by atoms with Gasteiger partial charge in [-0.25, -0.2) is 4.79 Å². The van der Waals surface area contributed by atoms with Crippen LogP contribution >= 0.6 is 11.8 Å². The summed E-state index contributed by atoms with van der Waals surface area (Å²) in [6.45, 7) is 2.16. The number of esters is 1. The van der Waals surface area contributed by atoms with Crippen LogP contribution in [0.2, 0.25) is 0 Å². The standard InChI is InChI=1S/C7H11NO2S/c1-2-10-7(9)6(8)5-3-11-4-5/h2-4,8H2,1H3. The first-order valence-corrected chi connectivity index (χ1v) is 4.63. The summed E-state index contributed by atoms with van der Waals surface area (Å²) < 4.78 is 4.73. The first kappa shape index (κ1) is 8.46. The fourth-order valence-corrected chi connectivity index (χ4v) is 1.43. The Hall–Kier alpha value is -0.640. The number of thioether (sulfide) groups is 1. The third-order valence-electron chi connectivity index (χ3n) is 1.43. The van der Waals surface area contributed by atoms with Crippen LogP contribution in [-0.4, -0.2) is 24.1 Å². The Morgan fingerprint density at radius 1 is 1.73 bits per heavy atom. The summed E-state index contributed by atoms with van der Waals surface area (Å²) in [6, 6.07) is 0. The Bertz CT molecular complexity index is 195. The molecule has 0 saturated carbocycles. The molecule has 2 N–H and O–H groups in total. The van der Waals surface area contributed by atoms with E-state index in [0.29, 0.717) is 12.3 Å². The van der Waals surface area contributed by atoms with Crippen molar-refractivity contribution in [3.63, 3.8) is 0 Å². The van der Waals surface area contributed by atoms with Crippen LogP contribution in [0.1, 0.15) is 6.92 Å². The molecule has 62 valence electrons. The molecule has 0 radical (unpaired) electrons. The van der Waals surface area contributed by atoms with Crippen LogP contribution in [0.25, 0.3) is 0 Å². The highest BCUT2D eigenvalue weighted by Gasteiger charge is 2.18. The van der Waals surface area contributed by atoms with E-state index in [1.54, 1.807) is 18.7 Å². The van der Waals surface area contributed by atoms with E-state index in [1.165, 1.54) is 0 Å². The molecule has 0 amide bonds. The smallest absolute Gasteiger partial charge is 0.354 e. The van der Waals surface area contributed by atoms with Crippen LogP contribution in [-0.2, 0) is 9.53 Å². The summed E-state index contributed by atoms with van der Waals surface area (Å²) in [4.78, 5) is 11.0. The highest BCUT2D eigenvalue weighted by Crippen LogP contribution is 2.25. The van der Waals surface area contributed by atoms with Crippen LogP contribution < -0.4 is 5.73 Å². The van der Waals surface area contributed by atoms with Gasteiger partial charge < -0.3 is 10.5 Å². The van der Waals surface area contributed by atoms with E-state index in [0.717, 1.165) is 17.1 Å². The lowest BCUT2D eigenvalue weighted by Crippen LogP contribution is -2.22. The minimum absolute atomic E-state index is 0.311. The van der Waals surface area contributed by atoms with Crippen LogP contribution in [0.5, 0.6) is 0 Å². The zero-order chi connectivity index (χ0) is 8.27. The van der Waals surface area contributed by atoms with Crippen molar-refractivity contribution in [2.75, 3.05) is 18.1 Å². The van der Waals surface area contributed by atoms with Gasteiger partial charge in [-0.05, 0) is 12.5 Å². The van der Waals surface area contributed by atoms with Crippen molar-refractivity contribution >= 4 is 17.7 Å². The summed E-state index contributed by atoms with van der Waals surface area (Å²) in [6.07, 6.45) is 0. The van der Waals surface area contributed by atoms with Crippen molar-refractivity contribution in [3.8, 4) is 0 Å². The van der Waals surface area contributed by atoms with Crippen LogP contribution in [0.3, 0.4) is 0 Å². The van der Waals surface area contributed by atoms with Gasteiger partial charge >= 0.3 is 5.97 Å².